The molecule has 0 atom stereocenters. The van der Waals surface area contributed by atoms with Gasteiger partial charge in [0, 0.05) is 20.6 Å². The second kappa shape index (κ2) is 4.12. The van der Waals surface area contributed by atoms with Crippen LogP contribution in [0.15, 0.2) is 30.3 Å². The maximum absolute atomic E-state index is 2.21. The molecule has 12 heavy (non-hydrogen) atoms. The molecule has 0 aliphatic heterocycles. The third-order valence-corrected chi connectivity index (χ3v) is 1.84. The molecule has 0 bridgehead atoms. The molecule has 1 rings (SSSR count). The molecule has 0 radical (unpaired) electrons. The molecular weight excluding hydrogens is 148 g/mol. The number of hydrazine groups is 1. The minimum Gasteiger partial charge on any atom is -0.307 e. The molecule has 1 aromatic carbocycles. The summed E-state index contributed by atoms with van der Waals surface area (Å²) in [5.74, 6) is 0. The Morgan fingerprint density at radius 3 is 2.08 bits per heavy atom. The molecule has 0 amide bonds. The molecule has 0 heterocycles. The van der Waals surface area contributed by atoms with Crippen LogP contribution in [0, 0.1) is 0 Å². The molecule has 0 fully saturated rings. The first kappa shape index (κ1) is 9.07. The van der Waals surface area contributed by atoms with Crippen LogP contribution < -0.4 is 5.01 Å². The molecule has 0 aliphatic carbocycles. The number of benzene rings is 1. The molecule has 2 nitrogen and oxygen atoms in total. The highest BCUT2D eigenvalue weighted by molar-refractivity contribution is 5.44. The third-order valence-electron chi connectivity index (χ3n) is 1.84. The molecule has 66 valence electrons. The van der Waals surface area contributed by atoms with Crippen LogP contribution in [-0.2, 0) is 0 Å². The van der Waals surface area contributed by atoms with Crippen LogP contribution >= 0.6 is 0 Å². The summed E-state index contributed by atoms with van der Waals surface area (Å²) in [4.78, 5) is 0. The Bertz CT molecular complexity index is 219. The van der Waals surface area contributed by atoms with Gasteiger partial charge < -0.3 is 5.01 Å². The molecule has 0 saturated heterocycles. The molecule has 0 aromatic heterocycles. The van der Waals surface area contributed by atoms with Crippen molar-refractivity contribution >= 4 is 5.69 Å². The van der Waals surface area contributed by atoms with Crippen LogP contribution in [0.4, 0.5) is 5.69 Å². The highest BCUT2D eigenvalue weighted by atomic mass is 15.6. The third kappa shape index (κ3) is 1.98. The van der Waals surface area contributed by atoms with E-state index in [2.05, 4.69) is 55.3 Å². The predicted octanol–water partition coefficient (Wildman–Crippen LogP) is 1.99. The van der Waals surface area contributed by atoms with Gasteiger partial charge in [-0.05, 0) is 19.1 Å². The maximum atomic E-state index is 2.21. The fourth-order valence-corrected chi connectivity index (χ4v) is 1.30. The molecule has 0 N–H and O–H groups in total. The van der Waals surface area contributed by atoms with Gasteiger partial charge in [-0.2, -0.15) is 0 Å². The summed E-state index contributed by atoms with van der Waals surface area (Å²) in [7, 11) is 4.10. The van der Waals surface area contributed by atoms with Crippen molar-refractivity contribution in [3.63, 3.8) is 0 Å². The van der Waals surface area contributed by atoms with E-state index >= 15 is 0 Å². The number of para-hydroxylation sites is 1. The Labute approximate surface area is 74.4 Å². The van der Waals surface area contributed by atoms with E-state index in [0.717, 1.165) is 6.54 Å². The first-order valence-corrected chi connectivity index (χ1v) is 4.25. The van der Waals surface area contributed by atoms with Gasteiger partial charge in [0.1, 0.15) is 0 Å². The van der Waals surface area contributed by atoms with Gasteiger partial charge in [-0.3, -0.25) is 0 Å². The number of rotatable bonds is 3. The van der Waals surface area contributed by atoms with Gasteiger partial charge in [-0.25, -0.2) is 5.01 Å². The van der Waals surface area contributed by atoms with Crippen LogP contribution in [0.25, 0.3) is 0 Å². The van der Waals surface area contributed by atoms with E-state index in [1.165, 1.54) is 5.69 Å². The molecule has 0 saturated carbocycles. The van der Waals surface area contributed by atoms with Crippen LogP contribution in [0.3, 0.4) is 0 Å². The van der Waals surface area contributed by atoms with E-state index in [9.17, 15) is 0 Å². The summed E-state index contributed by atoms with van der Waals surface area (Å²) in [6.45, 7) is 3.14. The van der Waals surface area contributed by atoms with Gasteiger partial charge in [0.2, 0.25) is 0 Å². The van der Waals surface area contributed by atoms with Crippen LogP contribution in [0.2, 0.25) is 0 Å². The Kier molecular flexibility index (Phi) is 3.11. The highest BCUT2D eigenvalue weighted by Crippen LogP contribution is 2.12. The van der Waals surface area contributed by atoms with Crippen LogP contribution in [0.1, 0.15) is 6.92 Å². The zero-order valence-electron chi connectivity index (χ0n) is 7.99. The first-order chi connectivity index (χ1) is 5.75. The minimum atomic E-state index is 0.997. The normalized spacial score (nSPS) is 10.3. The number of nitrogens with zero attached hydrogens (tertiary/aromatic N) is 2. The topological polar surface area (TPSA) is 6.48 Å². The summed E-state index contributed by atoms with van der Waals surface area (Å²) >= 11 is 0. The smallest absolute Gasteiger partial charge is 0.0521 e. The lowest BCUT2D eigenvalue weighted by molar-refractivity contribution is 0.376. The zero-order chi connectivity index (χ0) is 8.97. The lowest BCUT2D eigenvalue weighted by Crippen LogP contribution is -2.36. The Hall–Kier alpha value is -1.02. The SMILES string of the molecule is CCN(c1ccccc1)N(C)C. The predicted molar refractivity (Wildman–Crippen MR) is 53.1 cm³/mol. The van der Waals surface area contributed by atoms with Crippen molar-refractivity contribution in [1.29, 1.82) is 0 Å². The van der Waals surface area contributed by atoms with E-state index in [4.69, 9.17) is 0 Å². The fraction of sp³-hybridized carbons (Fsp3) is 0.400. The standard InChI is InChI=1S/C10H16N2/c1-4-12(11(2)3)10-8-6-5-7-9-10/h5-9H,4H2,1-3H3. The summed E-state index contributed by atoms with van der Waals surface area (Å²) in [6.07, 6.45) is 0. The van der Waals surface area contributed by atoms with Crippen molar-refractivity contribution in [1.82, 2.24) is 5.01 Å². The highest BCUT2D eigenvalue weighted by Gasteiger charge is 2.03. The van der Waals surface area contributed by atoms with E-state index < -0.39 is 0 Å². The van der Waals surface area contributed by atoms with E-state index in [0.29, 0.717) is 0 Å². The van der Waals surface area contributed by atoms with Crippen molar-refractivity contribution in [3.8, 4) is 0 Å². The maximum Gasteiger partial charge on any atom is 0.0521 e. The van der Waals surface area contributed by atoms with E-state index in [1.807, 2.05) is 6.07 Å². The van der Waals surface area contributed by atoms with Crippen molar-refractivity contribution in [2.24, 2.45) is 0 Å². The average Bonchev–Trinajstić information content (AvgIpc) is 2.07. The lowest BCUT2D eigenvalue weighted by atomic mass is 10.3. The van der Waals surface area contributed by atoms with Crippen molar-refractivity contribution < 1.29 is 0 Å². The molecule has 2 heteroatoms. The minimum absolute atomic E-state index is 0.997. The second-order valence-corrected chi connectivity index (χ2v) is 2.90. The van der Waals surface area contributed by atoms with Crippen molar-refractivity contribution in [2.45, 2.75) is 6.92 Å². The van der Waals surface area contributed by atoms with Gasteiger partial charge in [0.25, 0.3) is 0 Å². The lowest BCUT2D eigenvalue weighted by Gasteiger charge is -2.29. The molecule has 0 spiro atoms. The summed E-state index contributed by atoms with van der Waals surface area (Å²) < 4.78 is 0. The Morgan fingerprint density at radius 2 is 1.67 bits per heavy atom. The summed E-state index contributed by atoms with van der Waals surface area (Å²) in [5, 5.41) is 4.30. The van der Waals surface area contributed by atoms with Crippen LogP contribution in [0.5, 0.6) is 0 Å². The van der Waals surface area contributed by atoms with Gasteiger partial charge in [0.05, 0.1) is 5.69 Å². The molecule has 0 aliphatic rings. The number of anilines is 1. The van der Waals surface area contributed by atoms with E-state index in [-0.39, 0.29) is 0 Å². The monoisotopic (exact) mass is 164 g/mol. The van der Waals surface area contributed by atoms with Crippen molar-refractivity contribution in [2.75, 3.05) is 25.6 Å². The Balaban J connectivity index is 2.80. The van der Waals surface area contributed by atoms with Crippen molar-refractivity contribution in [3.05, 3.63) is 30.3 Å². The Morgan fingerprint density at radius 1 is 1.08 bits per heavy atom. The summed E-state index contributed by atoms with van der Waals surface area (Å²) in [5.41, 5.74) is 1.24. The summed E-state index contributed by atoms with van der Waals surface area (Å²) in [6, 6.07) is 10.4. The molecule has 1 aromatic rings. The van der Waals surface area contributed by atoms with Gasteiger partial charge >= 0.3 is 0 Å². The van der Waals surface area contributed by atoms with Gasteiger partial charge in [-0.1, -0.05) is 18.2 Å². The fourth-order valence-electron chi connectivity index (χ4n) is 1.30. The quantitative estimate of drug-likeness (QED) is 0.630. The number of hydrogen-bond acceptors (Lipinski definition) is 2. The number of hydrogen-bond donors (Lipinski definition) is 0. The molecular formula is C10H16N2. The largest absolute Gasteiger partial charge is 0.307 e. The van der Waals surface area contributed by atoms with E-state index in [1.54, 1.807) is 0 Å². The van der Waals surface area contributed by atoms with Gasteiger partial charge in [0.15, 0.2) is 0 Å². The van der Waals surface area contributed by atoms with Crippen LogP contribution in [-0.4, -0.2) is 25.6 Å². The second-order valence-electron chi connectivity index (χ2n) is 2.90. The average molecular weight is 164 g/mol. The first-order valence-electron chi connectivity index (χ1n) is 4.25. The zero-order valence-corrected chi connectivity index (χ0v) is 7.99. The molecule has 0 unspecified atom stereocenters. The van der Waals surface area contributed by atoms with Gasteiger partial charge in [-0.15, -0.1) is 0 Å².